The van der Waals surface area contributed by atoms with E-state index in [-0.39, 0.29) is 18.2 Å². The van der Waals surface area contributed by atoms with Crippen molar-refractivity contribution in [3.05, 3.63) is 0 Å². The number of hydrogen-bond acceptors (Lipinski definition) is 3. The summed E-state index contributed by atoms with van der Waals surface area (Å²) in [5.74, 6) is 0. The topological polar surface area (TPSA) is 49.8 Å². The Hall–Kier alpha value is -0.770. The predicted molar refractivity (Wildman–Crippen MR) is 53.0 cm³/mol. The second-order valence-electron chi connectivity index (χ2n) is 3.90. The first-order valence-electron chi connectivity index (χ1n) is 5.17. The second-order valence-corrected chi connectivity index (χ2v) is 3.90. The van der Waals surface area contributed by atoms with E-state index < -0.39 is 0 Å². The Bertz CT molecular complexity index is 194. The summed E-state index contributed by atoms with van der Waals surface area (Å²) in [6.45, 7) is 2.51. The first-order chi connectivity index (χ1) is 6.65. The molecular weight excluding hydrogens is 182 g/mol. The highest BCUT2D eigenvalue weighted by molar-refractivity contribution is 5.67. The predicted octanol–water partition coefficient (Wildman–Crippen LogP) is 1.38. The number of carbonyl (C=O) groups is 1. The number of aliphatic hydroxyl groups excluding tert-OH is 1. The largest absolute Gasteiger partial charge is 0.453 e. The maximum Gasteiger partial charge on any atom is 0.409 e. The normalized spacial score (nSPS) is 24.5. The molecule has 14 heavy (non-hydrogen) atoms. The van der Waals surface area contributed by atoms with Gasteiger partial charge in [0.15, 0.2) is 0 Å². The maximum absolute atomic E-state index is 11.4. The number of amides is 1. The number of likely N-dealkylation sites (tertiary alicyclic amines) is 1. The van der Waals surface area contributed by atoms with E-state index in [2.05, 4.69) is 0 Å². The van der Waals surface area contributed by atoms with Gasteiger partial charge in [0.1, 0.15) is 0 Å². The van der Waals surface area contributed by atoms with Gasteiger partial charge >= 0.3 is 6.09 Å². The number of piperidine rings is 1. The number of methoxy groups -OCH3 is 1. The van der Waals surface area contributed by atoms with Crippen molar-refractivity contribution in [3.63, 3.8) is 0 Å². The van der Waals surface area contributed by atoms with Gasteiger partial charge in [0.2, 0.25) is 0 Å². The van der Waals surface area contributed by atoms with Gasteiger partial charge in [0.25, 0.3) is 0 Å². The van der Waals surface area contributed by atoms with E-state index in [9.17, 15) is 9.90 Å². The van der Waals surface area contributed by atoms with Crippen LogP contribution in [0.15, 0.2) is 0 Å². The second kappa shape index (κ2) is 5.20. The molecule has 1 aliphatic rings. The smallest absolute Gasteiger partial charge is 0.409 e. The first-order valence-corrected chi connectivity index (χ1v) is 5.17. The highest BCUT2D eigenvalue weighted by atomic mass is 16.5. The Balaban J connectivity index is 2.54. The van der Waals surface area contributed by atoms with Gasteiger partial charge < -0.3 is 14.7 Å². The molecule has 0 saturated carbocycles. The van der Waals surface area contributed by atoms with Crippen molar-refractivity contribution in [2.45, 2.75) is 44.8 Å². The first kappa shape index (κ1) is 11.3. The molecule has 0 aliphatic carbocycles. The molecule has 0 radical (unpaired) electrons. The van der Waals surface area contributed by atoms with Crippen molar-refractivity contribution in [2.75, 3.05) is 13.7 Å². The fourth-order valence-electron chi connectivity index (χ4n) is 2.00. The zero-order valence-electron chi connectivity index (χ0n) is 8.90. The van der Waals surface area contributed by atoms with Crippen LogP contribution in [0.3, 0.4) is 0 Å². The van der Waals surface area contributed by atoms with Crippen LogP contribution in [-0.4, -0.2) is 41.9 Å². The Morgan fingerprint density at radius 2 is 2.36 bits per heavy atom. The summed E-state index contributed by atoms with van der Waals surface area (Å²) in [4.78, 5) is 13.1. The van der Waals surface area contributed by atoms with Gasteiger partial charge in [-0.05, 0) is 32.6 Å². The van der Waals surface area contributed by atoms with Crippen LogP contribution in [0.25, 0.3) is 0 Å². The molecule has 1 saturated heterocycles. The molecule has 0 aromatic rings. The van der Waals surface area contributed by atoms with Gasteiger partial charge in [-0.3, -0.25) is 0 Å². The average Bonchev–Trinajstić information content (AvgIpc) is 2.16. The third-order valence-electron chi connectivity index (χ3n) is 2.65. The molecule has 0 bridgehead atoms. The van der Waals surface area contributed by atoms with Crippen molar-refractivity contribution < 1.29 is 14.6 Å². The molecule has 1 heterocycles. The number of aliphatic hydroxyl groups is 1. The minimum absolute atomic E-state index is 0.149. The number of nitrogens with zero attached hydrogens (tertiary/aromatic N) is 1. The number of hydrogen-bond donors (Lipinski definition) is 1. The van der Waals surface area contributed by atoms with E-state index in [1.165, 1.54) is 7.11 Å². The van der Waals surface area contributed by atoms with Gasteiger partial charge in [0.05, 0.1) is 13.2 Å². The quantitative estimate of drug-likeness (QED) is 0.734. The number of carbonyl (C=O) groups excluding carboxylic acids is 1. The van der Waals surface area contributed by atoms with Crippen molar-refractivity contribution in [2.24, 2.45) is 0 Å². The molecule has 1 rings (SSSR count). The molecule has 1 N–H and O–H groups in total. The summed E-state index contributed by atoms with van der Waals surface area (Å²) in [7, 11) is 1.40. The SMILES string of the molecule is COC(=O)N1CCCC[C@H]1C[C@H](C)O. The summed E-state index contributed by atoms with van der Waals surface area (Å²) in [6, 6.07) is 0.149. The van der Waals surface area contributed by atoms with Crippen LogP contribution in [0.4, 0.5) is 4.79 Å². The summed E-state index contributed by atoms with van der Waals surface area (Å²) in [6.07, 6.45) is 3.16. The Morgan fingerprint density at radius 3 is 2.93 bits per heavy atom. The lowest BCUT2D eigenvalue weighted by atomic mass is 9.98. The van der Waals surface area contributed by atoms with E-state index in [0.29, 0.717) is 6.42 Å². The molecule has 0 aromatic heterocycles. The third-order valence-corrected chi connectivity index (χ3v) is 2.65. The monoisotopic (exact) mass is 201 g/mol. The van der Waals surface area contributed by atoms with Crippen molar-refractivity contribution in [3.8, 4) is 0 Å². The summed E-state index contributed by atoms with van der Waals surface area (Å²) in [5, 5.41) is 9.30. The standard InChI is InChI=1S/C10H19NO3/c1-8(12)7-9-5-3-4-6-11(9)10(13)14-2/h8-9,12H,3-7H2,1-2H3/t8-,9-/m0/s1. The molecule has 1 aliphatic heterocycles. The zero-order valence-corrected chi connectivity index (χ0v) is 8.90. The minimum atomic E-state index is -0.356. The van der Waals surface area contributed by atoms with Crippen molar-refractivity contribution >= 4 is 6.09 Å². The van der Waals surface area contributed by atoms with Crippen LogP contribution in [0.1, 0.15) is 32.6 Å². The Labute approximate surface area is 84.8 Å². The van der Waals surface area contributed by atoms with Crippen molar-refractivity contribution in [1.29, 1.82) is 0 Å². The number of ether oxygens (including phenoxy) is 1. The lowest BCUT2D eigenvalue weighted by Gasteiger charge is -2.35. The summed E-state index contributed by atoms with van der Waals surface area (Å²) in [5.41, 5.74) is 0. The van der Waals surface area contributed by atoms with E-state index in [4.69, 9.17) is 4.74 Å². The van der Waals surface area contributed by atoms with E-state index in [1.54, 1.807) is 11.8 Å². The summed E-state index contributed by atoms with van der Waals surface area (Å²) >= 11 is 0. The van der Waals surface area contributed by atoms with Crippen LogP contribution >= 0.6 is 0 Å². The van der Waals surface area contributed by atoms with E-state index in [0.717, 1.165) is 25.8 Å². The Kier molecular flexibility index (Phi) is 4.20. The fourth-order valence-corrected chi connectivity index (χ4v) is 2.00. The lowest BCUT2D eigenvalue weighted by Crippen LogP contribution is -2.44. The van der Waals surface area contributed by atoms with Gasteiger partial charge in [-0.2, -0.15) is 0 Å². The highest BCUT2D eigenvalue weighted by Gasteiger charge is 2.27. The number of rotatable bonds is 2. The molecule has 1 amide bonds. The molecule has 0 spiro atoms. The van der Waals surface area contributed by atoms with Gasteiger partial charge in [-0.15, -0.1) is 0 Å². The van der Waals surface area contributed by atoms with E-state index >= 15 is 0 Å². The Morgan fingerprint density at radius 1 is 1.64 bits per heavy atom. The molecule has 1 fully saturated rings. The van der Waals surface area contributed by atoms with Crippen LogP contribution < -0.4 is 0 Å². The van der Waals surface area contributed by atoms with Crippen LogP contribution in [0.2, 0.25) is 0 Å². The van der Waals surface area contributed by atoms with Gasteiger partial charge in [-0.1, -0.05) is 0 Å². The fraction of sp³-hybridized carbons (Fsp3) is 0.900. The van der Waals surface area contributed by atoms with Gasteiger partial charge in [0, 0.05) is 12.6 Å². The average molecular weight is 201 g/mol. The van der Waals surface area contributed by atoms with Gasteiger partial charge in [-0.25, -0.2) is 4.79 Å². The zero-order chi connectivity index (χ0) is 10.6. The molecule has 0 unspecified atom stereocenters. The van der Waals surface area contributed by atoms with Crippen LogP contribution in [0.5, 0.6) is 0 Å². The highest BCUT2D eigenvalue weighted by Crippen LogP contribution is 2.21. The molecular formula is C10H19NO3. The molecule has 4 nitrogen and oxygen atoms in total. The van der Waals surface area contributed by atoms with Crippen molar-refractivity contribution in [1.82, 2.24) is 4.90 Å². The molecule has 82 valence electrons. The molecule has 2 atom stereocenters. The summed E-state index contributed by atoms with van der Waals surface area (Å²) < 4.78 is 4.71. The lowest BCUT2D eigenvalue weighted by molar-refractivity contribution is 0.0668. The minimum Gasteiger partial charge on any atom is -0.453 e. The molecule has 0 aromatic carbocycles. The molecule has 4 heteroatoms. The van der Waals surface area contributed by atoms with Crippen LogP contribution in [0, 0.1) is 0 Å². The maximum atomic E-state index is 11.4. The third kappa shape index (κ3) is 2.87. The van der Waals surface area contributed by atoms with E-state index in [1.807, 2.05) is 0 Å². The van der Waals surface area contributed by atoms with Crippen LogP contribution in [-0.2, 0) is 4.74 Å².